The molecule has 0 aromatic heterocycles. The van der Waals surface area contributed by atoms with E-state index in [4.69, 9.17) is 5.73 Å². The Hall–Kier alpha value is -2.87. The summed E-state index contributed by atoms with van der Waals surface area (Å²) in [5.74, 6) is -0.960. The smallest absolute Gasteiger partial charge is 0.283 e. The van der Waals surface area contributed by atoms with Crippen molar-refractivity contribution in [2.75, 3.05) is 5.75 Å². The van der Waals surface area contributed by atoms with Crippen molar-refractivity contribution in [2.45, 2.75) is 24.8 Å². The number of nitrogens with one attached hydrogen (secondary N) is 1. The van der Waals surface area contributed by atoms with Gasteiger partial charge in [0.25, 0.3) is 5.69 Å². The van der Waals surface area contributed by atoms with Gasteiger partial charge in [-0.05, 0) is 31.5 Å². The van der Waals surface area contributed by atoms with Crippen LogP contribution < -0.4 is 11.1 Å². The highest BCUT2D eigenvalue weighted by Gasteiger charge is 2.18. The number of amides is 2. The van der Waals surface area contributed by atoms with Gasteiger partial charge in [0.15, 0.2) is 0 Å². The van der Waals surface area contributed by atoms with Gasteiger partial charge in [-0.1, -0.05) is 29.8 Å². The van der Waals surface area contributed by atoms with Gasteiger partial charge in [0.1, 0.15) is 0 Å². The maximum atomic E-state index is 12.1. The fraction of sp³-hybridized carbons (Fsp3) is 0.222. The molecular formula is C18H19N3O4S. The number of aryl methyl sites for hydroxylation is 1. The minimum absolute atomic E-state index is 0.0208. The first-order valence-electron chi connectivity index (χ1n) is 7.85. The van der Waals surface area contributed by atoms with Crippen molar-refractivity contribution >= 4 is 29.3 Å². The summed E-state index contributed by atoms with van der Waals surface area (Å²) in [5, 5.41) is 14.0. The molecule has 136 valence electrons. The average molecular weight is 373 g/mol. The third-order valence-corrected chi connectivity index (χ3v) is 4.82. The number of nitrogens with zero attached hydrogens (tertiary/aromatic N) is 1. The summed E-state index contributed by atoms with van der Waals surface area (Å²) >= 11 is 1.04. The molecule has 2 amide bonds. The fourth-order valence-electron chi connectivity index (χ4n) is 2.30. The molecule has 0 aliphatic heterocycles. The molecule has 8 heteroatoms. The molecular weight excluding hydrogens is 354 g/mol. The number of thioether (sulfide) groups is 1. The van der Waals surface area contributed by atoms with Gasteiger partial charge in [0.2, 0.25) is 11.8 Å². The topological polar surface area (TPSA) is 115 Å². The molecule has 0 aliphatic carbocycles. The highest BCUT2D eigenvalue weighted by atomic mass is 32.2. The van der Waals surface area contributed by atoms with Crippen LogP contribution in [-0.4, -0.2) is 22.5 Å². The van der Waals surface area contributed by atoms with Gasteiger partial charge in [-0.15, -0.1) is 11.8 Å². The van der Waals surface area contributed by atoms with Crippen molar-refractivity contribution in [1.82, 2.24) is 5.32 Å². The minimum Gasteiger partial charge on any atom is -0.366 e. The quantitative estimate of drug-likeness (QED) is 0.440. The lowest BCUT2D eigenvalue weighted by molar-refractivity contribution is -0.387. The van der Waals surface area contributed by atoms with Crippen LogP contribution in [0.15, 0.2) is 47.4 Å². The number of primary amides is 1. The molecule has 0 radical (unpaired) electrons. The van der Waals surface area contributed by atoms with E-state index >= 15 is 0 Å². The zero-order valence-corrected chi connectivity index (χ0v) is 15.2. The second-order valence-corrected chi connectivity index (χ2v) is 6.81. The van der Waals surface area contributed by atoms with Crippen LogP contribution in [0, 0.1) is 17.0 Å². The third-order valence-electron chi connectivity index (χ3n) is 3.75. The molecule has 1 atom stereocenters. The Kier molecular flexibility index (Phi) is 6.35. The van der Waals surface area contributed by atoms with Crippen molar-refractivity contribution < 1.29 is 14.5 Å². The maximum absolute atomic E-state index is 12.1. The van der Waals surface area contributed by atoms with Gasteiger partial charge in [-0.3, -0.25) is 19.7 Å². The van der Waals surface area contributed by atoms with E-state index in [1.165, 1.54) is 12.1 Å². The molecule has 0 fully saturated rings. The van der Waals surface area contributed by atoms with Crippen LogP contribution in [0.3, 0.4) is 0 Å². The Morgan fingerprint density at radius 1 is 1.23 bits per heavy atom. The first-order valence-corrected chi connectivity index (χ1v) is 8.83. The molecule has 26 heavy (non-hydrogen) atoms. The van der Waals surface area contributed by atoms with Crippen LogP contribution in [0.2, 0.25) is 0 Å². The van der Waals surface area contributed by atoms with E-state index in [9.17, 15) is 19.7 Å². The van der Waals surface area contributed by atoms with Crippen LogP contribution >= 0.6 is 11.8 Å². The number of nitrogens with two attached hydrogens (primary N) is 1. The Labute approximate surface area is 155 Å². The zero-order valence-electron chi connectivity index (χ0n) is 14.4. The second-order valence-electron chi connectivity index (χ2n) is 5.79. The van der Waals surface area contributed by atoms with Crippen molar-refractivity contribution in [3.8, 4) is 0 Å². The summed E-state index contributed by atoms with van der Waals surface area (Å²) in [6, 6.07) is 11.6. The lowest BCUT2D eigenvalue weighted by Gasteiger charge is -2.14. The number of hydrogen-bond donors (Lipinski definition) is 2. The van der Waals surface area contributed by atoms with Crippen LogP contribution in [0.4, 0.5) is 5.69 Å². The number of nitro benzene ring substituents is 1. The SMILES string of the molecule is Cc1ccc(C(C)NC(=O)CSc2ccc(C(N)=O)cc2[N+](=O)[O-])cc1. The van der Waals surface area contributed by atoms with E-state index < -0.39 is 10.8 Å². The number of hydrogen-bond acceptors (Lipinski definition) is 5. The van der Waals surface area contributed by atoms with Crippen molar-refractivity contribution in [1.29, 1.82) is 0 Å². The van der Waals surface area contributed by atoms with Crippen LogP contribution in [0.25, 0.3) is 0 Å². The molecule has 0 saturated heterocycles. The molecule has 2 aromatic carbocycles. The van der Waals surface area contributed by atoms with Crippen LogP contribution in [0.5, 0.6) is 0 Å². The first-order chi connectivity index (χ1) is 12.3. The van der Waals surface area contributed by atoms with Gasteiger partial charge in [0.05, 0.1) is 21.6 Å². The summed E-state index contributed by atoms with van der Waals surface area (Å²) in [4.78, 5) is 34.2. The van der Waals surface area contributed by atoms with E-state index in [2.05, 4.69) is 5.32 Å². The van der Waals surface area contributed by atoms with Crippen LogP contribution in [0.1, 0.15) is 34.5 Å². The molecule has 0 spiro atoms. The molecule has 1 unspecified atom stereocenters. The van der Waals surface area contributed by atoms with E-state index in [1.807, 2.05) is 38.1 Å². The van der Waals surface area contributed by atoms with E-state index in [1.54, 1.807) is 0 Å². The number of benzene rings is 2. The highest BCUT2D eigenvalue weighted by Crippen LogP contribution is 2.30. The summed E-state index contributed by atoms with van der Waals surface area (Å²) in [6.07, 6.45) is 0. The number of nitro groups is 1. The largest absolute Gasteiger partial charge is 0.366 e. The molecule has 0 heterocycles. The molecule has 0 bridgehead atoms. The summed E-state index contributed by atoms with van der Waals surface area (Å²) in [5.41, 5.74) is 7.06. The average Bonchev–Trinajstić information content (AvgIpc) is 2.60. The summed E-state index contributed by atoms with van der Waals surface area (Å²) in [7, 11) is 0. The van der Waals surface area contributed by atoms with Gasteiger partial charge in [-0.2, -0.15) is 0 Å². The monoisotopic (exact) mass is 373 g/mol. The van der Waals surface area contributed by atoms with Gasteiger partial charge in [-0.25, -0.2) is 0 Å². The number of carbonyl (C=O) groups is 2. The number of carbonyl (C=O) groups excluding carboxylic acids is 2. The lowest BCUT2D eigenvalue weighted by atomic mass is 10.1. The van der Waals surface area contributed by atoms with Crippen molar-refractivity contribution in [3.63, 3.8) is 0 Å². The Balaban J connectivity index is 2.01. The highest BCUT2D eigenvalue weighted by molar-refractivity contribution is 8.00. The Bertz CT molecular complexity index is 837. The van der Waals surface area contributed by atoms with Crippen LogP contribution in [-0.2, 0) is 4.79 Å². The second kappa shape index (κ2) is 8.48. The lowest BCUT2D eigenvalue weighted by Crippen LogP contribution is -2.28. The molecule has 7 nitrogen and oxygen atoms in total. The van der Waals surface area contributed by atoms with E-state index in [0.29, 0.717) is 4.90 Å². The van der Waals surface area contributed by atoms with Gasteiger partial charge >= 0.3 is 0 Å². The van der Waals surface area contributed by atoms with Crippen molar-refractivity contribution in [3.05, 3.63) is 69.3 Å². The molecule has 2 rings (SSSR count). The fourth-order valence-corrected chi connectivity index (χ4v) is 3.12. The number of rotatable bonds is 7. The summed E-state index contributed by atoms with van der Waals surface area (Å²) < 4.78 is 0. The maximum Gasteiger partial charge on any atom is 0.283 e. The standard InChI is InChI=1S/C18H19N3O4S/c1-11-3-5-13(6-4-11)12(2)20-17(22)10-26-16-8-7-14(18(19)23)9-15(16)21(24)25/h3-9,12H,10H2,1-2H3,(H2,19,23)(H,20,22). The van der Waals surface area contributed by atoms with E-state index in [0.717, 1.165) is 29.0 Å². The predicted molar refractivity (Wildman–Crippen MR) is 100 cm³/mol. The van der Waals surface area contributed by atoms with Crippen molar-refractivity contribution in [2.24, 2.45) is 5.73 Å². The third kappa shape index (κ3) is 5.06. The Morgan fingerprint density at radius 2 is 1.88 bits per heavy atom. The minimum atomic E-state index is -0.741. The predicted octanol–water partition coefficient (Wildman–Crippen LogP) is 2.97. The zero-order chi connectivity index (χ0) is 19.3. The first kappa shape index (κ1) is 19.5. The Morgan fingerprint density at radius 3 is 2.46 bits per heavy atom. The molecule has 3 N–H and O–H groups in total. The molecule has 0 saturated carbocycles. The normalized spacial score (nSPS) is 11.6. The molecule has 2 aromatic rings. The van der Waals surface area contributed by atoms with Gasteiger partial charge in [0, 0.05) is 11.6 Å². The summed E-state index contributed by atoms with van der Waals surface area (Å²) in [6.45, 7) is 3.86. The van der Waals surface area contributed by atoms with E-state index in [-0.39, 0.29) is 29.0 Å². The molecule has 0 aliphatic rings. The van der Waals surface area contributed by atoms with Gasteiger partial charge < -0.3 is 11.1 Å².